The van der Waals surface area contributed by atoms with E-state index >= 15 is 0 Å². The Labute approximate surface area is 261 Å². The number of hydrogen-bond acceptors (Lipinski definition) is 9. The van der Waals surface area contributed by atoms with Crippen molar-refractivity contribution in [2.24, 2.45) is 0 Å². The minimum Gasteiger partial charge on any atom is -0.353 e. The van der Waals surface area contributed by atoms with Gasteiger partial charge in [0, 0.05) is 52.7 Å². The molecule has 0 spiro atoms. The first kappa shape index (κ1) is 31.0. The number of pyridine rings is 1. The summed E-state index contributed by atoms with van der Waals surface area (Å²) in [5, 5.41) is 2.92. The van der Waals surface area contributed by atoms with Crippen molar-refractivity contribution in [2.45, 2.75) is 46.9 Å². The first-order valence-electron chi connectivity index (χ1n) is 13.5. The van der Waals surface area contributed by atoms with Crippen LogP contribution in [0.2, 0.25) is 4.34 Å². The number of carbonyl (C=O) groups is 3. The molecule has 2 aliphatic heterocycles. The van der Waals surface area contributed by atoms with E-state index in [1.165, 1.54) is 34.1 Å². The van der Waals surface area contributed by atoms with Crippen molar-refractivity contribution in [3.63, 3.8) is 0 Å². The van der Waals surface area contributed by atoms with Crippen LogP contribution in [0.1, 0.15) is 25.7 Å². The standard InChI is InChI=1S/C27H30ClN5O5S4/c28-23-7-5-21(40-23)22-6-8-26(41-22)42(37,38)31-20-4-2-13-32(27(20)36)16-25(35)33-14-1-3-18(33)15-30-24(34)17-39-19-9-11-29-12-10-19/h5-12,18,20,31H,1-4,13-17H2,(H,30,34). The zero-order valence-electron chi connectivity index (χ0n) is 22.5. The molecule has 2 unspecified atom stereocenters. The Bertz CT molecular complexity index is 1530. The molecular weight excluding hydrogens is 638 g/mol. The maximum Gasteiger partial charge on any atom is 0.250 e. The highest BCUT2D eigenvalue weighted by Crippen LogP contribution is 2.37. The van der Waals surface area contributed by atoms with Gasteiger partial charge in [-0.25, -0.2) is 8.42 Å². The van der Waals surface area contributed by atoms with Crippen molar-refractivity contribution >= 4 is 73.8 Å². The van der Waals surface area contributed by atoms with Gasteiger partial charge in [-0.15, -0.1) is 34.4 Å². The molecule has 2 atom stereocenters. The van der Waals surface area contributed by atoms with Crippen molar-refractivity contribution in [3.8, 4) is 9.75 Å². The van der Waals surface area contributed by atoms with Crippen LogP contribution < -0.4 is 10.0 Å². The van der Waals surface area contributed by atoms with E-state index in [0.717, 1.165) is 38.8 Å². The number of likely N-dealkylation sites (tertiary alicyclic amines) is 2. The average molecular weight is 668 g/mol. The number of amides is 3. The molecule has 10 nitrogen and oxygen atoms in total. The number of thiophene rings is 2. The Balaban J connectivity index is 1.13. The number of piperidine rings is 1. The summed E-state index contributed by atoms with van der Waals surface area (Å²) in [6, 6.07) is 9.44. The molecule has 0 saturated carbocycles. The van der Waals surface area contributed by atoms with Crippen LogP contribution in [0.4, 0.5) is 0 Å². The Kier molecular flexibility index (Phi) is 10.2. The molecule has 3 aromatic heterocycles. The number of aromatic nitrogens is 1. The lowest BCUT2D eigenvalue weighted by molar-refractivity contribution is -0.143. The SMILES string of the molecule is O=C(CSc1ccncc1)NCC1CCCN1C(=O)CN1CCCC(NS(=O)(=O)c2ccc(-c3ccc(Cl)s3)s2)C1=O. The van der Waals surface area contributed by atoms with E-state index in [1.54, 1.807) is 29.4 Å². The summed E-state index contributed by atoms with van der Waals surface area (Å²) in [6.45, 7) is 1.16. The summed E-state index contributed by atoms with van der Waals surface area (Å²) < 4.78 is 29.5. The highest BCUT2D eigenvalue weighted by Gasteiger charge is 2.36. The van der Waals surface area contributed by atoms with Crippen molar-refractivity contribution in [1.29, 1.82) is 0 Å². The van der Waals surface area contributed by atoms with Crippen LogP contribution in [0.5, 0.6) is 0 Å². The number of nitrogens with zero attached hydrogens (tertiary/aromatic N) is 3. The molecule has 0 aliphatic carbocycles. The molecule has 42 heavy (non-hydrogen) atoms. The molecule has 2 saturated heterocycles. The Morgan fingerprint density at radius 3 is 2.52 bits per heavy atom. The van der Waals surface area contributed by atoms with Crippen molar-refractivity contribution in [3.05, 3.63) is 53.1 Å². The molecule has 2 N–H and O–H groups in total. The average Bonchev–Trinajstić information content (AvgIpc) is 3.74. The van der Waals surface area contributed by atoms with E-state index < -0.39 is 22.0 Å². The first-order valence-corrected chi connectivity index (χ1v) is 17.9. The fourth-order valence-electron chi connectivity index (χ4n) is 4.99. The lowest BCUT2D eigenvalue weighted by Gasteiger charge is -2.34. The number of nitrogens with one attached hydrogen (secondary N) is 2. The van der Waals surface area contributed by atoms with Gasteiger partial charge in [0.25, 0.3) is 10.0 Å². The molecular formula is C27H30ClN5O5S4. The minimum absolute atomic E-state index is 0.115. The van der Waals surface area contributed by atoms with Crippen LogP contribution in [0.15, 0.2) is 57.9 Å². The van der Waals surface area contributed by atoms with Gasteiger partial charge in [-0.3, -0.25) is 19.4 Å². The third-order valence-corrected chi connectivity index (χ3v) is 12.6. The molecule has 224 valence electrons. The zero-order valence-corrected chi connectivity index (χ0v) is 26.6. The lowest BCUT2D eigenvalue weighted by Crippen LogP contribution is -2.55. The summed E-state index contributed by atoms with van der Waals surface area (Å²) in [7, 11) is -3.94. The molecule has 5 heterocycles. The molecule has 2 aliphatic rings. The maximum absolute atomic E-state index is 13.3. The number of carbonyl (C=O) groups excluding carboxylic acids is 3. The van der Waals surface area contributed by atoms with Crippen molar-refractivity contribution in [1.82, 2.24) is 24.8 Å². The van der Waals surface area contributed by atoms with Gasteiger partial charge in [0.1, 0.15) is 10.3 Å². The summed E-state index contributed by atoms with van der Waals surface area (Å²) >= 11 is 9.91. The monoisotopic (exact) mass is 667 g/mol. The molecule has 15 heteroatoms. The lowest BCUT2D eigenvalue weighted by atomic mass is 10.1. The van der Waals surface area contributed by atoms with E-state index in [4.69, 9.17) is 11.6 Å². The van der Waals surface area contributed by atoms with E-state index in [0.29, 0.717) is 36.8 Å². The highest BCUT2D eigenvalue weighted by molar-refractivity contribution is 8.00. The molecule has 3 amide bonds. The third kappa shape index (κ3) is 7.71. The number of rotatable bonds is 11. The minimum atomic E-state index is -3.94. The van der Waals surface area contributed by atoms with Gasteiger partial charge < -0.3 is 15.1 Å². The zero-order chi connectivity index (χ0) is 29.7. The van der Waals surface area contributed by atoms with Crippen LogP contribution in [0, 0.1) is 0 Å². The fraction of sp³-hybridized carbons (Fsp3) is 0.407. The topological polar surface area (TPSA) is 129 Å². The number of sulfonamides is 1. The van der Waals surface area contributed by atoms with E-state index in [1.807, 2.05) is 18.2 Å². The Morgan fingerprint density at radius 2 is 1.76 bits per heavy atom. The second kappa shape index (κ2) is 13.9. The van der Waals surface area contributed by atoms with Gasteiger partial charge in [0.2, 0.25) is 17.7 Å². The van der Waals surface area contributed by atoms with Gasteiger partial charge >= 0.3 is 0 Å². The summed E-state index contributed by atoms with van der Waals surface area (Å²) in [4.78, 5) is 48.6. The second-order valence-corrected chi connectivity index (χ2v) is 15.7. The molecule has 0 aromatic carbocycles. The predicted octanol–water partition coefficient (Wildman–Crippen LogP) is 3.69. The Hall–Kier alpha value is -2.49. The van der Waals surface area contributed by atoms with Crippen LogP contribution in [-0.4, -0.2) is 84.9 Å². The predicted molar refractivity (Wildman–Crippen MR) is 165 cm³/mol. The van der Waals surface area contributed by atoms with Crippen LogP contribution in [-0.2, 0) is 24.4 Å². The molecule has 5 rings (SSSR count). The fourth-order valence-corrected chi connectivity index (χ4v) is 9.39. The normalized spacial score (nSPS) is 19.3. The summed E-state index contributed by atoms with van der Waals surface area (Å²) in [5.74, 6) is -0.460. The van der Waals surface area contributed by atoms with Crippen LogP contribution in [0.25, 0.3) is 9.75 Å². The van der Waals surface area contributed by atoms with Gasteiger partial charge in [-0.05, 0) is 62.1 Å². The third-order valence-electron chi connectivity index (χ3n) is 7.07. The van der Waals surface area contributed by atoms with E-state index in [2.05, 4.69) is 15.0 Å². The smallest absolute Gasteiger partial charge is 0.250 e. The molecule has 3 aromatic rings. The van der Waals surface area contributed by atoms with Crippen molar-refractivity contribution in [2.75, 3.05) is 31.9 Å². The molecule has 0 bridgehead atoms. The van der Waals surface area contributed by atoms with Crippen LogP contribution >= 0.6 is 46.0 Å². The van der Waals surface area contributed by atoms with Crippen molar-refractivity contribution < 1.29 is 22.8 Å². The highest BCUT2D eigenvalue weighted by atomic mass is 35.5. The first-order chi connectivity index (χ1) is 20.2. The molecule has 0 radical (unpaired) electrons. The summed E-state index contributed by atoms with van der Waals surface area (Å²) in [5.41, 5.74) is 0. The van der Waals surface area contributed by atoms with E-state index in [9.17, 15) is 22.8 Å². The van der Waals surface area contributed by atoms with E-state index in [-0.39, 0.29) is 34.4 Å². The van der Waals surface area contributed by atoms with Gasteiger partial charge in [0.05, 0.1) is 16.6 Å². The molecule has 2 fully saturated rings. The second-order valence-electron chi connectivity index (χ2n) is 9.96. The maximum atomic E-state index is 13.3. The summed E-state index contributed by atoms with van der Waals surface area (Å²) in [6.07, 6.45) is 5.86. The number of thioether (sulfide) groups is 1. The van der Waals surface area contributed by atoms with Crippen LogP contribution in [0.3, 0.4) is 0 Å². The largest absolute Gasteiger partial charge is 0.353 e. The number of halogens is 1. The quantitative estimate of drug-likeness (QED) is 0.299. The number of hydrogen-bond donors (Lipinski definition) is 2. The Morgan fingerprint density at radius 1 is 1.02 bits per heavy atom. The van der Waals surface area contributed by atoms with Gasteiger partial charge in [-0.2, -0.15) is 4.72 Å². The van der Waals surface area contributed by atoms with Gasteiger partial charge in [0.15, 0.2) is 0 Å². The van der Waals surface area contributed by atoms with Gasteiger partial charge in [-0.1, -0.05) is 11.6 Å².